The maximum atomic E-state index is 12.4. The maximum Gasteiger partial charge on any atom is 0.307 e. The largest absolute Gasteiger partial charge is 0.451 e. The first kappa shape index (κ1) is 13.8. The van der Waals surface area contributed by atoms with Crippen LogP contribution in [0.3, 0.4) is 0 Å². The minimum absolute atomic E-state index is 0.310. The summed E-state index contributed by atoms with van der Waals surface area (Å²) in [7, 11) is 0. The van der Waals surface area contributed by atoms with Crippen molar-refractivity contribution in [1.29, 1.82) is 0 Å². The molecular formula is C19H16N2O2. The molecule has 114 valence electrons. The van der Waals surface area contributed by atoms with Crippen LogP contribution in [-0.2, 0) is 6.42 Å². The molecular weight excluding hydrogens is 288 g/mol. The predicted octanol–water partition coefficient (Wildman–Crippen LogP) is 3.82. The van der Waals surface area contributed by atoms with Gasteiger partial charge in [-0.1, -0.05) is 42.5 Å². The van der Waals surface area contributed by atoms with Crippen molar-refractivity contribution in [3.8, 4) is 0 Å². The molecule has 4 nitrogen and oxygen atoms in total. The van der Waals surface area contributed by atoms with Crippen LogP contribution in [0.25, 0.3) is 11.0 Å². The second kappa shape index (κ2) is 5.39. The highest BCUT2D eigenvalue weighted by Gasteiger charge is 2.19. The first-order valence-electron chi connectivity index (χ1n) is 7.67. The fourth-order valence-corrected chi connectivity index (χ4v) is 3.08. The zero-order valence-corrected chi connectivity index (χ0v) is 12.8. The number of furan rings is 1. The summed E-state index contributed by atoms with van der Waals surface area (Å²) in [5.74, 6) is 0.0115. The van der Waals surface area contributed by atoms with Gasteiger partial charge in [0.2, 0.25) is 0 Å². The average Bonchev–Trinajstić information content (AvgIpc) is 3.15. The van der Waals surface area contributed by atoms with Crippen LogP contribution in [0.2, 0.25) is 0 Å². The van der Waals surface area contributed by atoms with E-state index < -0.39 is 0 Å². The van der Waals surface area contributed by atoms with Crippen molar-refractivity contribution in [3.05, 3.63) is 71.0 Å². The van der Waals surface area contributed by atoms with Gasteiger partial charge < -0.3 is 4.42 Å². The minimum Gasteiger partial charge on any atom is -0.451 e. The lowest BCUT2D eigenvalue weighted by atomic mass is 10.1. The lowest BCUT2D eigenvalue weighted by Gasteiger charge is -2.01. The number of aryl methyl sites for hydroxylation is 2. The van der Waals surface area contributed by atoms with E-state index in [1.54, 1.807) is 0 Å². The molecule has 0 fully saturated rings. The van der Waals surface area contributed by atoms with E-state index in [4.69, 9.17) is 4.42 Å². The van der Waals surface area contributed by atoms with Gasteiger partial charge in [0.05, 0.1) is 5.71 Å². The molecule has 0 unspecified atom stereocenters. The van der Waals surface area contributed by atoms with Gasteiger partial charge in [0.1, 0.15) is 5.58 Å². The third-order valence-electron chi connectivity index (χ3n) is 4.30. The summed E-state index contributed by atoms with van der Waals surface area (Å²) in [6.07, 6.45) is 1.81. The summed E-state index contributed by atoms with van der Waals surface area (Å²) in [5.41, 5.74) is 7.51. The van der Waals surface area contributed by atoms with Gasteiger partial charge in [0, 0.05) is 16.5 Å². The maximum absolute atomic E-state index is 12.4. The second-order valence-corrected chi connectivity index (χ2v) is 5.71. The molecule has 2 aromatic carbocycles. The molecule has 0 spiro atoms. The van der Waals surface area contributed by atoms with E-state index in [2.05, 4.69) is 16.6 Å². The predicted molar refractivity (Wildman–Crippen MR) is 89.7 cm³/mol. The van der Waals surface area contributed by atoms with Crippen molar-refractivity contribution in [3.63, 3.8) is 0 Å². The zero-order chi connectivity index (χ0) is 15.8. The zero-order valence-electron chi connectivity index (χ0n) is 12.8. The first-order chi connectivity index (χ1) is 11.2. The molecule has 4 rings (SSSR count). The number of rotatable bonds is 2. The summed E-state index contributed by atoms with van der Waals surface area (Å²) in [6, 6.07) is 15.8. The third kappa shape index (κ3) is 2.32. The number of benzene rings is 2. The Hall–Kier alpha value is -2.88. The number of carbonyl (C=O) groups is 1. The standard InChI is InChI=1S/C19H16N2O2/c1-12-14-7-4-5-9-17(14)23-18(12)19(22)21-20-16-11-10-13-6-2-3-8-15(13)16/h2-9H,10-11H2,1H3,(H,21,22)/b20-16+. The molecule has 0 radical (unpaired) electrons. The van der Waals surface area contributed by atoms with E-state index in [1.807, 2.05) is 49.4 Å². The minimum atomic E-state index is -0.310. The molecule has 1 heterocycles. The lowest BCUT2D eigenvalue weighted by molar-refractivity contribution is 0.0928. The Morgan fingerprint density at radius 1 is 1.09 bits per heavy atom. The summed E-state index contributed by atoms with van der Waals surface area (Å²) in [5, 5.41) is 5.26. The Morgan fingerprint density at radius 3 is 2.74 bits per heavy atom. The summed E-state index contributed by atoms with van der Waals surface area (Å²) in [6.45, 7) is 1.89. The van der Waals surface area contributed by atoms with Crippen molar-refractivity contribution in [2.45, 2.75) is 19.8 Å². The molecule has 0 aliphatic heterocycles. The van der Waals surface area contributed by atoms with Gasteiger partial charge in [-0.2, -0.15) is 5.10 Å². The molecule has 3 aromatic rings. The van der Waals surface area contributed by atoms with Gasteiger partial charge in [-0.05, 0) is 31.4 Å². The van der Waals surface area contributed by atoms with Gasteiger partial charge in [0.15, 0.2) is 5.76 Å². The number of hydrazone groups is 1. The molecule has 0 saturated carbocycles. The molecule has 0 atom stereocenters. The van der Waals surface area contributed by atoms with Gasteiger partial charge in [-0.3, -0.25) is 4.79 Å². The average molecular weight is 304 g/mol. The molecule has 0 bridgehead atoms. The summed E-state index contributed by atoms with van der Waals surface area (Å²) < 4.78 is 5.66. The summed E-state index contributed by atoms with van der Waals surface area (Å²) >= 11 is 0. The molecule has 0 saturated heterocycles. The molecule has 4 heteroatoms. The fourth-order valence-electron chi connectivity index (χ4n) is 3.08. The normalized spacial score (nSPS) is 15.1. The molecule has 1 aliphatic rings. The second-order valence-electron chi connectivity index (χ2n) is 5.71. The Kier molecular flexibility index (Phi) is 3.23. The molecule has 1 amide bonds. The summed E-state index contributed by atoms with van der Waals surface area (Å²) in [4.78, 5) is 12.4. The van der Waals surface area contributed by atoms with Crippen LogP contribution >= 0.6 is 0 Å². The third-order valence-corrected chi connectivity index (χ3v) is 4.30. The van der Waals surface area contributed by atoms with Crippen LogP contribution in [0.5, 0.6) is 0 Å². The van der Waals surface area contributed by atoms with E-state index >= 15 is 0 Å². The quantitative estimate of drug-likeness (QED) is 0.732. The number of fused-ring (bicyclic) bond motifs is 2. The van der Waals surface area contributed by atoms with E-state index in [9.17, 15) is 4.79 Å². The highest BCUT2D eigenvalue weighted by Crippen LogP contribution is 2.25. The first-order valence-corrected chi connectivity index (χ1v) is 7.67. The van der Waals surface area contributed by atoms with Gasteiger partial charge in [0.25, 0.3) is 0 Å². The molecule has 1 N–H and O–H groups in total. The highest BCUT2D eigenvalue weighted by atomic mass is 16.3. The van der Waals surface area contributed by atoms with Crippen LogP contribution in [0.4, 0.5) is 0 Å². The number of para-hydroxylation sites is 1. The Labute approximate surface area is 133 Å². The number of carbonyl (C=O) groups excluding carboxylic acids is 1. The van der Waals surface area contributed by atoms with Crippen LogP contribution in [0.1, 0.15) is 33.7 Å². The number of nitrogens with one attached hydrogen (secondary N) is 1. The van der Waals surface area contributed by atoms with E-state index in [0.29, 0.717) is 11.3 Å². The smallest absolute Gasteiger partial charge is 0.307 e. The van der Waals surface area contributed by atoms with Crippen molar-refractivity contribution in [2.24, 2.45) is 5.10 Å². The number of amides is 1. The van der Waals surface area contributed by atoms with Crippen LogP contribution < -0.4 is 5.43 Å². The van der Waals surface area contributed by atoms with E-state index in [0.717, 1.165) is 35.1 Å². The molecule has 1 aromatic heterocycles. The fraction of sp³-hybridized carbons (Fsp3) is 0.158. The number of hydrogen-bond donors (Lipinski definition) is 1. The van der Waals surface area contributed by atoms with Gasteiger partial charge in [-0.25, -0.2) is 5.43 Å². The monoisotopic (exact) mass is 304 g/mol. The lowest BCUT2D eigenvalue weighted by Crippen LogP contribution is -2.19. The van der Waals surface area contributed by atoms with Gasteiger partial charge in [-0.15, -0.1) is 0 Å². The Morgan fingerprint density at radius 2 is 1.87 bits per heavy atom. The van der Waals surface area contributed by atoms with Crippen molar-refractivity contribution >= 4 is 22.6 Å². The highest BCUT2D eigenvalue weighted by molar-refractivity contribution is 6.06. The van der Waals surface area contributed by atoms with E-state index in [-0.39, 0.29) is 5.91 Å². The van der Waals surface area contributed by atoms with Crippen molar-refractivity contribution in [1.82, 2.24) is 5.43 Å². The van der Waals surface area contributed by atoms with E-state index in [1.165, 1.54) is 5.56 Å². The topological polar surface area (TPSA) is 54.6 Å². The van der Waals surface area contributed by atoms with Crippen LogP contribution in [0.15, 0.2) is 58.0 Å². The number of nitrogens with zero attached hydrogens (tertiary/aromatic N) is 1. The SMILES string of the molecule is Cc1c(C(=O)N/N=C2\CCc3ccccc32)oc2ccccc12. The Balaban J connectivity index is 1.61. The Bertz CT molecular complexity index is 937. The number of hydrogen-bond acceptors (Lipinski definition) is 3. The van der Waals surface area contributed by atoms with Crippen LogP contribution in [-0.4, -0.2) is 11.6 Å². The van der Waals surface area contributed by atoms with Crippen molar-refractivity contribution in [2.75, 3.05) is 0 Å². The van der Waals surface area contributed by atoms with Crippen molar-refractivity contribution < 1.29 is 9.21 Å². The molecule has 1 aliphatic carbocycles. The van der Waals surface area contributed by atoms with Gasteiger partial charge >= 0.3 is 5.91 Å². The molecule has 23 heavy (non-hydrogen) atoms. The van der Waals surface area contributed by atoms with Crippen LogP contribution in [0, 0.1) is 6.92 Å².